The number of nitrogens with one attached hydrogen (secondary N) is 1. The summed E-state index contributed by atoms with van der Waals surface area (Å²) in [5, 5.41) is 3.34. The Balaban J connectivity index is 1.85. The maximum Gasteiger partial charge on any atom is 0.341 e. The molecule has 0 saturated carbocycles. The van der Waals surface area contributed by atoms with E-state index in [-0.39, 0.29) is 5.91 Å². The largest absolute Gasteiger partial charge is 0.465 e. The molecule has 3 rings (SSSR count). The number of anilines is 1. The number of methoxy groups -OCH3 is 1. The standard InChI is InChI=1S/C25H25NO3S/c1-16(2)19-13-10-18(11-14-19)12-15-21(27)26-24-23(25(28)29-4)22(17(3)30-24)20-8-6-5-7-9-20/h5-16H,1-4H3,(H,26,27)/b15-12+. The second-order valence-electron chi connectivity index (χ2n) is 7.24. The second-order valence-corrected chi connectivity index (χ2v) is 8.46. The van der Waals surface area contributed by atoms with Gasteiger partial charge in [0.25, 0.3) is 0 Å². The van der Waals surface area contributed by atoms with E-state index in [9.17, 15) is 9.59 Å². The van der Waals surface area contributed by atoms with Gasteiger partial charge in [0.1, 0.15) is 10.6 Å². The Morgan fingerprint density at radius 2 is 1.70 bits per heavy atom. The van der Waals surface area contributed by atoms with Gasteiger partial charge in [0, 0.05) is 16.5 Å². The monoisotopic (exact) mass is 419 g/mol. The van der Waals surface area contributed by atoms with Gasteiger partial charge in [-0.15, -0.1) is 11.3 Å². The van der Waals surface area contributed by atoms with E-state index >= 15 is 0 Å². The van der Waals surface area contributed by atoms with Crippen LogP contribution in [0.1, 0.15) is 46.1 Å². The fourth-order valence-electron chi connectivity index (χ4n) is 3.20. The number of rotatable bonds is 6. The zero-order chi connectivity index (χ0) is 21.7. The maximum atomic E-state index is 12.5. The number of ether oxygens (including phenoxy) is 1. The van der Waals surface area contributed by atoms with Crippen LogP contribution in [0, 0.1) is 6.92 Å². The van der Waals surface area contributed by atoms with E-state index in [4.69, 9.17) is 4.74 Å². The summed E-state index contributed by atoms with van der Waals surface area (Å²) in [7, 11) is 1.34. The van der Waals surface area contributed by atoms with Crippen LogP contribution in [0.4, 0.5) is 5.00 Å². The lowest BCUT2D eigenvalue weighted by Crippen LogP contribution is -2.11. The van der Waals surface area contributed by atoms with Crippen LogP contribution in [0.2, 0.25) is 0 Å². The van der Waals surface area contributed by atoms with Crippen LogP contribution >= 0.6 is 11.3 Å². The number of thiophene rings is 1. The van der Waals surface area contributed by atoms with Crippen molar-refractivity contribution in [1.29, 1.82) is 0 Å². The summed E-state index contributed by atoms with van der Waals surface area (Å²) in [5.74, 6) is -0.306. The smallest absolute Gasteiger partial charge is 0.341 e. The molecule has 0 aliphatic carbocycles. The highest BCUT2D eigenvalue weighted by molar-refractivity contribution is 7.17. The molecule has 154 valence electrons. The molecule has 1 amide bonds. The molecular weight excluding hydrogens is 394 g/mol. The summed E-state index contributed by atoms with van der Waals surface area (Å²) in [5.41, 5.74) is 4.27. The Hall–Kier alpha value is -3.18. The molecule has 0 aliphatic rings. The van der Waals surface area contributed by atoms with E-state index in [0.29, 0.717) is 16.5 Å². The summed E-state index contributed by atoms with van der Waals surface area (Å²) in [6.07, 6.45) is 3.23. The van der Waals surface area contributed by atoms with Crippen LogP contribution in [-0.4, -0.2) is 19.0 Å². The highest BCUT2D eigenvalue weighted by Gasteiger charge is 2.24. The third-order valence-corrected chi connectivity index (χ3v) is 5.82. The van der Waals surface area contributed by atoms with E-state index in [1.807, 2.05) is 49.4 Å². The minimum atomic E-state index is -0.471. The Labute approximate surface area is 181 Å². The number of aryl methyl sites for hydroxylation is 1. The third kappa shape index (κ3) is 4.86. The number of amides is 1. The van der Waals surface area contributed by atoms with E-state index in [1.54, 1.807) is 6.08 Å². The van der Waals surface area contributed by atoms with Crippen LogP contribution in [0.3, 0.4) is 0 Å². The number of carbonyl (C=O) groups excluding carboxylic acids is 2. The lowest BCUT2D eigenvalue weighted by Gasteiger charge is -2.07. The van der Waals surface area contributed by atoms with Crippen molar-refractivity contribution >= 4 is 34.3 Å². The Kier molecular flexibility index (Phi) is 6.85. The number of hydrogen-bond donors (Lipinski definition) is 1. The average molecular weight is 420 g/mol. The Bertz CT molecular complexity index is 1060. The number of benzene rings is 2. The van der Waals surface area contributed by atoms with Crippen molar-refractivity contribution < 1.29 is 14.3 Å². The Morgan fingerprint density at radius 1 is 1.03 bits per heavy atom. The van der Waals surface area contributed by atoms with Crippen LogP contribution in [0.15, 0.2) is 60.7 Å². The topological polar surface area (TPSA) is 55.4 Å². The molecule has 3 aromatic rings. The summed E-state index contributed by atoms with van der Waals surface area (Å²) in [6, 6.07) is 17.7. The first-order valence-electron chi connectivity index (χ1n) is 9.76. The predicted octanol–water partition coefficient (Wildman–Crippen LogP) is 6.29. The summed E-state index contributed by atoms with van der Waals surface area (Å²) < 4.78 is 4.99. The minimum Gasteiger partial charge on any atom is -0.465 e. The third-order valence-electron chi connectivity index (χ3n) is 4.80. The van der Waals surface area contributed by atoms with E-state index in [0.717, 1.165) is 21.6 Å². The average Bonchev–Trinajstić information content (AvgIpc) is 3.08. The molecule has 0 saturated heterocycles. The predicted molar refractivity (Wildman–Crippen MR) is 124 cm³/mol. The van der Waals surface area contributed by atoms with Gasteiger partial charge in [-0.25, -0.2) is 4.79 Å². The van der Waals surface area contributed by atoms with Crippen molar-refractivity contribution in [1.82, 2.24) is 0 Å². The zero-order valence-electron chi connectivity index (χ0n) is 17.6. The second kappa shape index (κ2) is 9.55. The van der Waals surface area contributed by atoms with Gasteiger partial charge in [-0.3, -0.25) is 4.79 Å². The van der Waals surface area contributed by atoms with Crippen LogP contribution in [-0.2, 0) is 9.53 Å². The SMILES string of the molecule is COC(=O)c1c(NC(=O)/C=C/c2ccc(C(C)C)cc2)sc(C)c1-c1ccccc1. The highest BCUT2D eigenvalue weighted by Crippen LogP contribution is 2.40. The van der Waals surface area contributed by atoms with E-state index < -0.39 is 5.97 Å². The first kappa shape index (κ1) is 21.5. The fraction of sp³-hybridized carbons (Fsp3) is 0.200. The number of hydrogen-bond acceptors (Lipinski definition) is 4. The molecule has 1 N–H and O–H groups in total. The summed E-state index contributed by atoms with van der Waals surface area (Å²) in [4.78, 5) is 26.0. The lowest BCUT2D eigenvalue weighted by molar-refractivity contribution is -0.111. The molecule has 0 bridgehead atoms. The van der Waals surface area contributed by atoms with Gasteiger partial charge in [0.15, 0.2) is 0 Å². The van der Waals surface area contributed by atoms with Crippen molar-refractivity contribution in [2.75, 3.05) is 12.4 Å². The number of esters is 1. The molecule has 0 radical (unpaired) electrons. The molecule has 2 aromatic carbocycles. The maximum absolute atomic E-state index is 12.5. The highest BCUT2D eigenvalue weighted by atomic mass is 32.1. The molecule has 0 spiro atoms. The molecule has 1 aromatic heterocycles. The van der Waals surface area contributed by atoms with Gasteiger partial charge < -0.3 is 10.1 Å². The first-order chi connectivity index (χ1) is 14.4. The fourth-order valence-corrected chi connectivity index (χ4v) is 4.27. The van der Waals surface area contributed by atoms with Gasteiger partial charge in [-0.1, -0.05) is 68.4 Å². The first-order valence-corrected chi connectivity index (χ1v) is 10.6. The minimum absolute atomic E-state index is 0.297. The summed E-state index contributed by atoms with van der Waals surface area (Å²) >= 11 is 1.37. The molecule has 0 atom stereocenters. The molecule has 0 fully saturated rings. The molecule has 1 heterocycles. The van der Waals surface area contributed by atoms with Gasteiger partial charge in [-0.05, 0) is 35.6 Å². The van der Waals surface area contributed by atoms with Crippen molar-refractivity contribution in [2.24, 2.45) is 0 Å². The van der Waals surface area contributed by atoms with E-state index in [1.165, 1.54) is 30.1 Å². The van der Waals surface area contributed by atoms with Crippen molar-refractivity contribution in [2.45, 2.75) is 26.7 Å². The lowest BCUT2D eigenvalue weighted by atomic mass is 10.0. The van der Waals surface area contributed by atoms with Gasteiger partial charge in [0.05, 0.1) is 7.11 Å². The summed E-state index contributed by atoms with van der Waals surface area (Å²) in [6.45, 7) is 6.22. The molecule has 0 unspecified atom stereocenters. The van der Waals surface area contributed by atoms with Crippen LogP contribution in [0.5, 0.6) is 0 Å². The molecule has 4 nitrogen and oxygen atoms in total. The van der Waals surface area contributed by atoms with Gasteiger partial charge >= 0.3 is 5.97 Å². The van der Waals surface area contributed by atoms with Gasteiger partial charge in [0.2, 0.25) is 5.91 Å². The van der Waals surface area contributed by atoms with Crippen LogP contribution in [0.25, 0.3) is 17.2 Å². The molecular formula is C25H25NO3S. The number of carbonyl (C=O) groups is 2. The molecule has 0 aliphatic heterocycles. The molecule has 5 heteroatoms. The van der Waals surface area contributed by atoms with Crippen molar-refractivity contribution in [3.05, 3.63) is 82.2 Å². The normalized spacial score (nSPS) is 11.1. The van der Waals surface area contributed by atoms with Crippen molar-refractivity contribution in [3.63, 3.8) is 0 Å². The Morgan fingerprint density at radius 3 is 2.30 bits per heavy atom. The van der Waals surface area contributed by atoms with Gasteiger partial charge in [-0.2, -0.15) is 0 Å². The van der Waals surface area contributed by atoms with Crippen LogP contribution < -0.4 is 5.32 Å². The quantitative estimate of drug-likeness (QED) is 0.378. The zero-order valence-corrected chi connectivity index (χ0v) is 18.4. The van der Waals surface area contributed by atoms with Crippen molar-refractivity contribution in [3.8, 4) is 11.1 Å². The molecule has 30 heavy (non-hydrogen) atoms. The van der Waals surface area contributed by atoms with E-state index in [2.05, 4.69) is 31.3 Å².